The number of aromatic nitrogens is 7. The van der Waals surface area contributed by atoms with E-state index >= 15 is 0 Å². The van der Waals surface area contributed by atoms with Crippen LogP contribution in [0.4, 0.5) is 20.4 Å². The van der Waals surface area contributed by atoms with E-state index in [1.54, 1.807) is 6.20 Å². The second-order valence-electron chi connectivity index (χ2n) is 14.3. The number of aryl methyl sites for hydroxylation is 3. The number of aliphatic hydroxyl groups is 1. The summed E-state index contributed by atoms with van der Waals surface area (Å²) >= 11 is 1.40. The molecule has 0 saturated carbocycles. The number of nitrogens with zero attached hydrogens (tertiary/aromatic N) is 9. The Kier molecular flexibility index (Phi) is 17.5. The number of benzene rings is 2. The third-order valence-electron chi connectivity index (χ3n) is 9.57. The van der Waals surface area contributed by atoms with Gasteiger partial charge in [-0.1, -0.05) is 31.7 Å². The van der Waals surface area contributed by atoms with Crippen LogP contribution in [0.1, 0.15) is 44.5 Å². The average molecular weight is 867 g/mol. The van der Waals surface area contributed by atoms with E-state index in [4.69, 9.17) is 25.6 Å². The van der Waals surface area contributed by atoms with Crippen LogP contribution >= 0.6 is 11.8 Å². The first-order valence-corrected chi connectivity index (χ1v) is 22.5. The monoisotopic (exact) mass is 866 g/mol. The van der Waals surface area contributed by atoms with Crippen LogP contribution in [0, 0.1) is 31.4 Å². The fourth-order valence-electron chi connectivity index (χ4n) is 7.04. The number of fused-ring (bicyclic) bond motifs is 2. The summed E-state index contributed by atoms with van der Waals surface area (Å²) in [5, 5.41) is 12.5. The van der Waals surface area contributed by atoms with Crippen molar-refractivity contribution in [2.24, 2.45) is 5.92 Å². The van der Waals surface area contributed by atoms with Gasteiger partial charge >= 0.3 is 0 Å². The molecule has 0 unspecified atom stereocenters. The molecule has 2 aliphatic heterocycles. The molecule has 2 aromatic carbocycles. The maximum Gasteiger partial charge on any atom is 0.191 e. The normalized spacial score (nSPS) is 14.3. The summed E-state index contributed by atoms with van der Waals surface area (Å²) < 4.78 is 54.3. The Hall–Kier alpha value is -5.04. The standard InChI is InChI=1S/C19H19F2N5O2S2.C19H25N5.C2H6.CH4O.CH2O/c20-13-3-4-16(15(21)7-13)26-18-14(8-22-26)17(25-5-1-2-6-25)23-19(24-18)29-9-12-10-30(27,28)11-12;1-13-11-15(16-7-5-8-18(20)22-16)19-17(12-13)21-14(2)24(19)10-6-9-23(3)4;3*1-2/h3-4,7-8,12H,1-2,5-6,9-11H2;5,7-8,11-12H,6,9-10H2,1-4H3,(H2,20,22);1-2H3;2H,1H3;1H2. The van der Waals surface area contributed by atoms with Gasteiger partial charge in [0.25, 0.3) is 0 Å². The zero-order valence-corrected chi connectivity index (χ0v) is 37.0. The summed E-state index contributed by atoms with van der Waals surface area (Å²) in [5.41, 5.74) is 11.8. The highest BCUT2D eigenvalue weighted by atomic mass is 32.2. The number of thioether (sulfide) groups is 1. The Bertz CT molecular complexity index is 2440. The second kappa shape index (κ2) is 22.0. The van der Waals surface area contributed by atoms with Crippen molar-refractivity contribution in [2.75, 3.05) is 68.7 Å². The minimum Gasteiger partial charge on any atom is -0.400 e. The fraction of sp³-hybridized carbons (Fsp3) is 0.429. The van der Waals surface area contributed by atoms with Crippen molar-refractivity contribution >= 4 is 62.1 Å². The lowest BCUT2D eigenvalue weighted by atomic mass is 10.1. The van der Waals surface area contributed by atoms with E-state index in [1.807, 2.05) is 38.8 Å². The van der Waals surface area contributed by atoms with Gasteiger partial charge < -0.3 is 30.0 Å². The minimum atomic E-state index is -2.88. The largest absolute Gasteiger partial charge is 0.400 e. The molecule has 0 radical (unpaired) electrons. The Morgan fingerprint density at radius 2 is 1.67 bits per heavy atom. The van der Waals surface area contributed by atoms with Crippen LogP contribution in [0.3, 0.4) is 0 Å². The van der Waals surface area contributed by atoms with E-state index in [2.05, 4.69) is 69.5 Å². The zero-order chi connectivity index (χ0) is 44.1. The lowest BCUT2D eigenvalue weighted by Crippen LogP contribution is -2.37. The minimum absolute atomic E-state index is 0.0917. The van der Waals surface area contributed by atoms with Gasteiger partial charge in [-0.05, 0) is 102 Å². The number of nitrogens with two attached hydrogens (primary N) is 1. The van der Waals surface area contributed by atoms with Crippen LogP contribution < -0.4 is 10.6 Å². The predicted octanol–water partition coefficient (Wildman–Crippen LogP) is 6.53. The molecule has 0 atom stereocenters. The molecule has 6 aromatic rings. The molecule has 60 heavy (non-hydrogen) atoms. The van der Waals surface area contributed by atoms with Crippen molar-refractivity contribution in [1.82, 2.24) is 39.2 Å². The van der Waals surface area contributed by atoms with Gasteiger partial charge in [0.15, 0.2) is 26.5 Å². The number of carbonyl (C=O) groups excluding carboxylic acids is 1. The van der Waals surface area contributed by atoms with Gasteiger partial charge in [-0.2, -0.15) is 5.10 Å². The van der Waals surface area contributed by atoms with E-state index in [9.17, 15) is 17.2 Å². The van der Waals surface area contributed by atoms with Crippen molar-refractivity contribution in [3.05, 3.63) is 77.8 Å². The topological polar surface area (TPSA) is 178 Å². The van der Waals surface area contributed by atoms with Gasteiger partial charge in [-0.25, -0.2) is 41.8 Å². The third-order valence-corrected chi connectivity index (χ3v) is 12.6. The molecule has 0 spiro atoms. The molecular formula is C42H56F2N10O4S2. The summed E-state index contributed by atoms with van der Waals surface area (Å²) in [6.07, 6.45) is 4.82. The maximum absolute atomic E-state index is 14.4. The second-order valence-corrected chi connectivity index (χ2v) is 17.4. The number of aliphatic hydroxyl groups excluding tert-OH is 1. The highest BCUT2D eigenvalue weighted by Crippen LogP contribution is 2.34. The molecule has 0 bridgehead atoms. The average Bonchev–Trinajstić information content (AvgIpc) is 3.98. The van der Waals surface area contributed by atoms with Crippen LogP contribution in [-0.2, 0) is 21.2 Å². The van der Waals surface area contributed by atoms with Crippen molar-refractivity contribution < 1.29 is 27.1 Å². The summed E-state index contributed by atoms with van der Waals surface area (Å²) in [5.74, 6) is 2.02. The molecule has 0 aliphatic carbocycles. The summed E-state index contributed by atoms with van der Waals surface area (Å²) in [6.45, 7) is 13.9. The molecular weight excluding hydrogens is 811 g/mol. The molecule has 8 rings (SSSR count). The molecule has 2 saturated heterocycles. The lowest BCUT2D eigenvalue weighted by Gasteiger charge is -2.25. The number of imidazole rings is 1. The Morgan fingerprint density at radius 1 is 0.967 bits per heavy atom. The van der Waals surface area contributed by atoms with Gasteiger partial charge in [-0.15, -0.1) is 0 Å². The van der Waals surface area contributed by atoms with Crippen molar-refractivity contribution in [3.8, 4) is 16.9 Å². The van der Waals surface area contributed by atoms with E-state index < -0.39 is 21.5 Å². The van der Waals surface area contributed by atoms with Gasteiger partial charge in [0, 0.05) is 44.1 Å². The molecule has 3 N–H and O–H groups in total. The number of sulfone groups is 1. The van der Waals surface area contributed by atoms with E-state index in [1.165, 1.54) is 34.1 Å². The third kappa shape index (κ3) is 11.6. The molecule has 0 amide bonds. The van der Waals surface area contributed by atoms with E-state index in [0.717, 1.165) is 92.6 Å². The number of halogens is 2. The molecule has 14 nitrogen and oxygen atoms in total. The Morgan fingerprint density at radius 3 is 2.30 bits per heavy atom. The fourth-order valence-corrected chi connectivity index (χ4v) is 9.83. The number of nitrogen functional groups attached to an aromatic ring is 1. The number of hydrogen-bond acceptors (Lipinski definition) is 13. The van der Waals surface area contributed by atoms with Crippen molar-refractivity contribution in [1.29, 1.82) is 0 Å². The molecule has 18 heteroatoms. The molecule has 2 fully saturated rings. The molecule has 324 valence electrons. The van der Waals surface area contributed by atoms with Gasteiger partial charge in [0.2, 0.25) is 0 Å². The van der Waals surface area contributed by atoms with Crippen LogP contribution in [0.2, 0.25) is 0 Å². The summed E-state index contributed by atoms with van der Waals surface area (Å²) in [6, 6.07) is 13.4. The number of pyridine rings is 1. The highest BCUT2D eigenvalue weighted by molar-refractivity contribution is 7.99. The smallest absolute Gasteiger partial charge is 0.191 e. The maximum atomic E-state index is 14.4. The number of carbonyl (C=O) groups is 1. The van der Waals surface area contributed by atoms with Crippen molar-refractivity contribution in [3.63, 3.8) is 0 Å². The first kappa shape index (κ1) is 47.6. The molecule has 6 heterocycles. The first-order valence-electron chi connectivity index (χ1n) is 19.7. The van der Waals surface area contributed by atoms with Gasteiger partial charge in [0.1, 0.15) is 35.8 Å². The number of anilines is 2. The van der Waals surface area contributed by atoms with Crippen molar-refractivity contribution in [2.45, 2.75) is 58.7 Å². The number of hydrogen-bond donors (Lipinski definition) is 2. The first-order chi connectivity index (χ1) is 28.8. The molecule has 2 aliphatic rings. The summed E-state index contributed by atoms with van der Waals surface area (Å²) in [4.78, 5) is 31.0. The van der Waals surface area contributed by atoms with E-state index in [-0.39, 0.29) is 23.1 Å². The lowest BCUT2D eigenvalue weighted by molar-refractivity contribution is -0.0980. The van der Waals surface area contributed by atoms with E-state index in [0.29, 0.717) is 27.8 Å². The summed E-state index contributed by atoms with van der Waals surface area (Å²) in [7, 11) is 2.32. The number of rotatable bonds is 10. The highest BCUT2D eigenvalue weighted by Gasteiger charge is 2.33. The Balaban J connectivity index is 0.000000240. The quantitative estimate of drug-likeness (QED) is 0.112. The van der Waals surface area contributed by atoms with Gasteiger partial charge in [0.05, 0.1) is 39.8 Å². The van der Waals surface area contributed by atoms with Crippen LogP contribution in [0.25, 0.3) is 39.0 Å². The van der Waals surface area contributed by atoms with Crippen LogP contribution in [-0.4, -0.2) is 118 Å². The zero-order valence-electron chi connectivity index (χ0n) is 35.4. The Labute approximate surface area is 355 Å². The van der Waals surface area contributed by atoms with Crippen LogP contribution in [0.15, 0.2) is 59.9 Å². The van der Waals surface area contributed by atoms with Gasteiger partial charge in [-0.3, -0.25) is 0 Å². The predicted molar refractivity (Wildman–Crippen MR) is 238 cm³/mol. The molecule has 4 aromatic heterocycles. The SMILES string of the molecule is C=O.CC.CO.Cc1cc(-c2cccc(N)n2)c2c(c1)nc(C)n2CCCN(C)C.O=S1(=O)CC(CSc2nc(N3CCCC3)c3cnn(-c4ccc(F)cc4F)c3n2)C1. The van der Waals surface area contributed by atoms with Crippen LogP contribution in [0.5, 0.6) is 0 Å².